The maximum absolute atomic E-state index is 13.9. The maximum Gasteiger partial charge on any atom is 0.183 e. The van der Waals surface area contributed by atoms with Crippen LogP contribution in [0.4, 0.5) is 0 Å². The molecule has 0 aromatic heterocycles. The van der Waals surface area contributed by atoms with Crippen molar-refractivity contribution in [3.8, 4) is 11.8 Å². The molecular formula is C26H26O2. The Kier molecular flexibility index (Phi) is 3.95. The molecule has 4 aliphatic carbocycles. The molecule has 3 atom stereocenters. The summed E-state index contributed by atoms with van der Waals surface area (Å²) >= 11 is 0. The Labute approximate surface area is 167 Å². The predicted octanol–water partition coefficient (Wildman–Crippen LogP) is 5.06. The number of rotatable bonds is 0. The molecule has 0 N–H and O–H groups in total. The molecule has 0 amide bonds. The van der Waals surface area contributed by atoms with Gasteiger partial charge in [-0.15, -0.1) is 0 Å². The van der Waals surface area contributed by atoms with E-state index in [1.165, 1.54) is 5.57 Å². The van der Waals surface area contributed by atoms with Crippen molar-refractivity contribution in [2.75, 3.05) is 0 Å². The van der Waals surface area contributed by atoms with Crippen LogP contribution < -0.4 is 0 Å². The minimum atomic E-state index is -0.723. The van der Waals surface area contributed by atoms with Crippen molar-refractivity contribution in [3.63, 3.8) is 0 Å². The third-order valence-electron chi connectivity index (χ3n) is 7.12. The van der Waals surface area contributed by atoms with Crippen LogP contribution in [0.2, 0.25) is 0 Å². The Morgan fingerprint density at radius 3 is 2.14 bits per heavy atom. The number of carbonyl (C=O) groups is 2. The Morgan fingerprint density at radius 2 is 1.54 bits per heavy atom. The zero-order valence-corrected chi connectivity index (χ0v) is 17.2. The van der Waals surface area contributed by atoms with Gasteiger partial charge in [-0.3, -0.25) is 9.59 Å². The Bertz CT molecular complexity index is 1020. The summed E-state index contributed by atoms with van der Waals surface area (Å²) in [5.41, 5.74) is 1.77. The van der Waals surface area contributed by atoms with Gasteiger partial charge in [-0.2, -0.15) is 0 Å². The second kappa shape index (κ2) is 5.92. The highest BCUT2D eigenvalue weighted by atomic mass is 16.1. The predicted molar refractivity (Wildman–Crippen MR) is 111 cm³/mol. The molecule has 0 unspecified atom stereocenters. The fourth-order valence-electron chi connectivity index (χ4n) is 5.58. The van der Waals surface area contributed by atoms with E-state index < -0.39 is 16.2 Å². The summed E-state index contributed by atoms with van der Waals surface area (Å²) in [7, 11) is 0. The first-order chi connectivity index (χ1) is 13.1. The second-order valence-corrected chi connectivity index (χ2v) is 9.02. The van der Waals surface area contributed by atoms with Gasteiger partial charge in [0.15, 0.2) is 11.6 Å². The molecule has 1 aromatic carbocycles. The summed E-state index contributed by atoms with van der Waals surface area (Å²) in [6, 6.07) is 9.83. The van der Waals surface area contributed by atoms with Crippen LogP contribution in [0.25, 0.3) is 0 Å². The molecule has 0 radical (unpaired) electrons. The quantitative estimate of drug-likeness (QED) is 0.472. The van der Waals surface area contributed by atoms with Gasteiger partial charge >= 0.3 is 0 Å². The average Bonchev–Trinajstić information content (AvgIpc) is 2.66. The molecular weight excluding hydrogens is 344 g/mol. The van der Waals surface area contributed by atoms with Gasteiger partial charge in [-0.25, -0.2) is 0 Å². The van der Waals surface area contributed by atoms with Gasteiger partial charge in [-0.05, 0) is 64.3 Å². The Balaban J connectivity index is 1.85. The van der Waals surface area contributed by atoms with Crippen molar-refractivity contribution in [2.45, 2.75) is 41.0 Å². The van der Waals surface area contributed by atoms with Crippen molar-refractivity contribution in [1.82, 2.24) is 0 Å². The van der Waals surface area contributed by atoms with E-state index in [-0.39, 0.29) is 17.5 Å². The fraction of sp³-hybridized carbons (Fsp3) is 0.385. The zero-order valence-electron chi connectivity index (χ0n) is 17.2. The van der Waals surface area contributed by atoms with Crippen LogP contribution in [0.5, 0.6) is 0 Å². The highest BCUT2D eigenvalue weighted by molar-refractivity contribution is 6.09. The third kappa shape index (κ3) is 2.35. The summed E-state index contributed by atoms with van der Waals surface area (Å²) in [4.78, 5) is 26.2. The first kappa shape index (κ1) is 18.7. The lowest BCUT2D eigenvalue weighted by Gasteiger charge is -2.59. The summed E-state index contributed by atoms with van der Waals surface area (Å²) in [5, 5.41) is 0. The van der Waals surface area contributed by atoms with Crippen LogP contribution in [0, 0.1) is 34.0 Å². The Hall–Kier alpha value is -2.66. The average molecular weight is 370 g/mol. The van der Waals surface area contributed by atoms with Crippen LogP contribution in [-0.2, 0) is 9.59 Å². The van der Waals surface area contributed by atoms with E-state index in [4.69, 9.17) is 0 Å². The molecule has 0 heterocycles. The molecule has 2 heteroatoms. The van der Waals surface area contributed by atoms with E-state index in [1.807, 2.05) is 70.2 Å². The number of hydrogen-bond acceptors (Lipinski definition) is 2. The van der Waals surface area contributed by atoms with Gasteiger partial charge in [0.1, 0.15) is 0 Å². The van der Waals surface area contributed by atoms with Crippen LogP contribution in [0.1, 0.15) is 46.6 Å². The largest absolute Gasteiger partial charge is 0.297 e. The highest BCUT2D eigenvalue weighted by Crippen LogP contribution is 2.65. The lowest BCUT2D eigenvalue weighted by molar-refractivity contribution is -0.146. The highest BCUT2D eigenvalue weighted by Gasteiger charge is 2.65. The molecule has 2 bridgehead atoms. The smallest absolute Gasteiger partial charge is 0.183 e. The first-order valence-electron chi connectivity index (χ1n) is 9.89. The number of allylic oxidation sites excluding steroid dienone is 6. The Morgan fingerprint density at radius 1 is 0.929 bits per heavy atom. The molecule has 1 aromatic rings. The van der Waals surface area contributed by atoms with Gasteiger partial charge < -0.3 is 0 Å². The van der Waals surface area contributed by atoms with E-state index >= 15 is 0 Å². The topological polar surface area (TPSA) is 34.1 Å². The number of benzene rings is 1. The molecule has 0 aliphatic heterocycles. The molecule has 142 valence electrons. The fourth-order valence-corrected chi connectivity index (χ4v) is 5.58. The molecule has 28 heavy (non-hydrogen) atoms. The van der Waals surface area contributed by atoms with Gasteiger partial charge in [0.2, 0.25) is 0 Å². The number of hydrogen-bond donors (Lipinski definition) is 0. The van der Waals surface area contributed by atoms with Crippen molar-refractivity contribution >= 4 is 11.6 Å². The van der Waals surface area contributed by atoms with E-state index in [0.29, 0.717) is 0 Å². The van der Waals surface area contributed by atoms with Crippen molar-refractivity contribution in [1.29, 1.82) is 0 Å². The molecule has 1 saturated carbocycles. The van der Waals surface area contributed by atoms with Crippen LogP contribution in [0.3, 0.4) is 0 Å². The van der Waals surface area contributed by atoms with Crippen LogP contribution in [0.15, 0.2) is 65.3 Å². The van der Waals surface area contributed by atoms with Crippen LogP contribution in [-0.4, -0.2) is 11.6 Å². The van der Waals surface area contributed by atoms with E-state index in [2.05, 4.69) is 24.8 Å². The van der Waals surface area contributed by atoms with Gasteiger partial charge in [0.25, 0.3) is 0 Å². The SMILES string of the molecule is CC1=CC2(C=C(C)C1=O)C[C@H]1C(C)=C[C@]2(C)C(=O)[C@@]1(C)C#Cc1ccccc1. The summed E-state index contributed by atoms with van der Waals surface area (Å²) < 4.78 is 0. The molecule has 1 fully saturated rings. The molecule has 4 aliphatic rings. The summed E-state index contributed by atoms with van der Waals surface area (Å²) in [5.74, 6) is 6.88. The number of fused-ring (bicyclic) bond motifs is 1. The molecule has 2 nitrogen and oxygen atoms in total. The number of ketones is 2. The van der Waals surface area contributed by atoms with Crippen molar-refractivity contribution < 1.29 is 9.59 Å². The number of carbonyl (C=O) groups excluding carboxylic acids is 2. The van der Waals surface area contributed by atoms with Crippen molar-refractivity contribution in [2.24, 2.45) is 22.2 Å². The second-order valence-electron chi connectivity index (χ2n) is 9.02. The minimum Gasteiger partial charge on any atom is -0.297 e. The standard InChI is InChI=1S/C26H26O2/c1-17-13-25(5)23(28)24(4,12-11-20-9-7-6-8-10-20)21(17)16-26(25)14-18(2)22(27)19(3)15-26/h6-10,13-15,21H,16H2,1-5H3/t21-,24-,25+/m0/s1. The molecule has 5 rings (SSSR count). The van der Waals surface area contributed by atoms with Crippen LogP contribution >= 0.6 is 0 Å². The van der Waals surface area contributed by atoms with Gasteiger partial charge in [-0.1, -0.05) is 53.8 Å². The maximum atomic E-state index is 13.9. The van der Waals surface area contributed by atoms with E-state index in [0.717, 1.165) is 23.1 Å². The molecule has 1 spiro atoms. The van der Waals surface area contributed by atoms with Gasteiger partial charge in [0.05, 0.1) is 10.8 Å². The lowest BCUT2D eigenvalue weighted by atomic mass is 9.41. The van der Waals surface area contributed by atoms with E-state index in [9.17, 15) is 9.59 Å². The monoisotopic (exact) mass is 370 g/mol. The third-order valence-corrected chi connectivity index (χ3v) is 7.12. The normalized spacial score (nSPS) is 33.0. The number of Topliss-reactive ketones (excluding diaryl/α,β-unsaturated/α-hetero) is 2. The molecule has 0 saturated heterocycles. The lowest BCUT2D eigenvalue weighted by Crippen LogP contribution is -2.61. The van der Waals surface area contributed by atoms with E-state index in [1.54, 1.807) is 0 Å². The van der Waals surface area contributed by atoms with Crippen molar-refractivity contribution in [3.05, 3.63) is 70.8 Å². The first-order valence-corrected chi connectivity index (χ1v) is 9.89. The summed E-state index contributed by atoms with van der Waals surface area (Å²) in [6.45, 7) is 9.87. The summed E-state index contributed by atoms with van der Waals surface area (Å²) in [6.07, 6.45) is 7.03. The minimum absolute atomic E-state index is 0.0411. The zero-order chi connectivity index (χ0) is 20.3. The van der Waals surface area contributed by atoms with Gasteiger partial charge in [0, 0.05) is 16.9 Å².